The van der Waals surface area contributed by atoms with Gasteiger partial charge in [0.15, 0.2) is 0 Å². The van der Waals surface area contributed by atoms with Crippen molar-refractivity contribution in [3.63, 3.8) is 0 Å². The van der Waals surface area contributed by atoms with Crippen LogP contribution in [0.1, 0.15) is 135 Å². The van der Waals surface area contributed by atoms with E-state index in [2.05, 4.69) is 77.1 Å². The van der Waals surface area contributed by atoms with Crippen LogP contribution < -0.4 is 0 Å². The summed E-state index contributed by atoms with van der Waals surface area (Å²) < 4.78 is 6.59. The highest BCUT2D eigenvalue weighted by Crippen LogP contribution is 2.59. The Hall–Kier alpha value is -3.78. The SMILES string of the molecule is CC1=CCCC2(C)C(CCC2(O)CN(Cc2cccc3ccccc23)C(=O)OC2CC(C)CCC2C(C)C)c2ccc(cc2C(=O)c2ccc(C)s2)CC(O)CC1. The normalized spacial score (nSPS) is 28.2. The second kappa shape index (κ2) is 17.2. The standard InChI is InChI=1S/C50H63NO5S/c1-32(2)40-21-17-34(4)27-45(40)56-48(54)51(30-38-14-9-13-37-12-7-8-15-41(37)38)31-50(55)26-24-44-42-22-19-36(29-43(42)47(53)46-23-18-35(5)57-46)28-39(52)20-16-33(3)11-10-25-49(44,50)6/h7-9,11-15,18-19,22-23,29,32,34,39-40,44-45,52,55H,10,16-17,20-21,24-28,30-31H2,1-6H3. The highest BCUT2D eigenvalue weighted by molar-refractivity contribution is 7.14. The molecule has 2 bridgehead atoms. The van der Waals surface area contributed by atoms with E-state index >= 15 is 0 Å². The molecule has 304 valence electrons. The Morgan fingerprint density at radius 1 is 0.965 bits per heavy atom. The van der Waals surface area contributed by atoms with Crippen LogP contribution in [0.5, 0.6) is 0 Å². The molecule has 0 radical (unpaired) electrons. The highest BCUT2D eigenvalue weighted by atomic mass is 32.1. The molecule has 7 unspecified atom stereocenters. The summed E-state index contributed by atoms with van der Waals surface area (Å²) in [5.41, 5.74) is 2.83. The molecule has 4 aliphatic carbocycles. The maximum atomic E-state index is 14.8. The van der Waals surface area contributed by atoms with Crippen molar-refractivity contribution >= 4 is 34.0 Å². The lowest BCUT2D eigenvalue weighted by atomic mass is 9.64. The number of thiophene rings is 1. The summed E-state index contributed by atoms with van der Waals surface area (Å²) in [6.45, 7) is 13.5. The fraction of sp³-hybridized carbons (Fsp3) is 0.520. The van der Waals surface area contributed by atoms with Crippen LogP contribution in [0.25, 0.3) is 10.8 Å². The van der Waals surface area contributed by atoms with Crippen molar-refractivity contribution in [1.29, 1.82) is 0 Å². The molecule has 4 aromatic rings. The van der Waals surface area contributed by atoms with Crippen LogP contribution in [0.4, 0.5) is 4.79 Å². The number of amides is 1. The number of fused-ring (bicyclic) bond motifs is 9. The van der Waals surface area contributed by atoms with Crippen LogP contribution in [0.3, 0.4) is 0 Å². The number of hydrogen-bond acceptors (Lipinski definition) is 6. The Kier molecular flexibility index (Phi) is 12.5. The smallest absolute Gasteiger partial charge is 0.410 e. The number of ketones is 1. The van der Waals surface area contributed by atoms with Gasteiger partial charge in [-0.1, -0.05) is 100 Å². The van der Waals surface area contributed by atoms with Gasteiger partial charge in [-0.15, -0.1) is 11.3 Å². The number of allylic oxidation sites excluding steroid dienone is 2. The molecule has 0 aliphatic heterocycles. The fourth-order valence-electron chi connectivity index (χ4n) is 10.5. The lowest BCUT2D eigenvalue weighted by molar-refractivity contribution is -0.0875. The van der Waals surface area contributed by atoms with Crippen LogP contribution in [-0.4, -0.2) is 51.3 Å². The number of carbonyl (C=O) groups is 2. The summed E-state index contributed by atoms with van der Waals surface area (Å²) in [5, 5.41) is 26.6. The zero-order valence-electron chi connectivity index (χ0n) is 34.9. The largest absolute Gasteiger partial charge is 0.446 e. The molecule has 1 amide bonds. The van der Waals surface area contributed by atoms with E-state index in [1.807, 2.05) is 43.3 Å². The van der Waals surface area contributed by atoms with Gasteiger partial charge >= 0.3 is 6.09 Å². The molecule has 2 fully saturated rings. The first-order chi connectivity index (χ1) is 27.2. The molecule has 1 aromatic heterocycles. The minimum Gasteiger partial charge on any atom is -0.446 e. The summed E-state index contributed by atoms with van der Waals surface area (Å²) >= 11 is 1.50. The topological polar surface area (TPSA) is 87.1 Å². The average molecular weight is 790 g/mol. The Balaban J connectivity index is 1.30. The summed E-state index contributed by atoms with van der Waals surface area (Å²) in [5.74, 6) is 1.02. The van der Waals surface area contributed by atoms with E-state index in [1.54, 1.807) is 4.90 Å². The Morgan fingerprint density at radius 2 is 1.75 bits per heavy atom. The van der Waals surface area contributed by atoms with Gasteiger partial charge in [0, 0.05) is 22.4 Å². The van der Waals surface area contributed by atoms with Gasteiger partial charge in [0.05, 0.1) is 23.1 Å². The summed E-state index contributed by atoms with van der Waals surface area (Å²) in [6, 6.07) is 24.6. The van der Waals surface area contributed by atoms with Crippen molar-refractivity contribution < 1.29 is 24.5 Å². The van der Waals surface area contributed by atoms with Crippen LogP contribution in [-0.2, 0) is 17.7 Å². The molecule has 2 saturated carbocycles. The van der Waals surface area contributed by atoms with Crippen molar-refractivity contribution in [3.8, 4) is 0 Å². The molecule has 2 N–H and O–H groups in total. The van der Waals surface area contributed by atoms with E-state index in [0.29, 0.717) is 66.8 Å². The van der Waals surface area contributed by atoms with E-state index in [4.69, 9.17) is 4.74 Å². The molecule has 7 heteroatoms. The average Bonchev–Trinajstić information content (AvgIpc) is 3.72. The van der Waals surface area contributed by atoms with Gasteiger partial charge in [0.25, 0.3) is 0 Å². The predicted octanol–water partition coefficient (Wildman–Crippen LogP) is 11.6. The lowest BCUT2D eigenvalue weighted by Gasteiger charge is -2.46. The van der Waals surface area contributed by atoms with Crippen LogP contribution in [0, 0.1) is 30.1 Å². The van der Waals surface area contributed by atoms with Crippen molar-refractivity contribution in [2.75, 3.05) is 6.54 Å². The quantitative estimate of drug-likeness (QED) is 0.137. The Labute approximate surface area is 344 Å². The summed E-state index contributed by atoms with van der Waals surface area (Å²) in [7, 11) is 0. The van der Waals surface area contributed by atoms with Gasteiger partial charge in [0.2, 0.25) is 5.78 Å². The third-order valence-corrected chi connectivity index (χ3v) is 15.0. The summed E-state index contributed by atoms with van der Waals surface area (Å²) in [4.78, 5) is 32.8. The van der Waals surface area contributed by atoms with Gasteiger partial charge in [0.1, 0.15) is 6.10 Å². The number of rotatable bonds is 8. The van der Waals surface area contributed by atoms with Gasteiger partial charge in [-0.2, -0.15) is 0 Å². The zero-order chi connectivity index (χ0) is 40.5. The number of aryl methyl sites for hydroxylation is 1. The molecule has 4 aliphatic rings. The maximum Gasteiger partial charge on any atom is 0.410 e. The van der Waals surface area contributed by atoms with Gasteiger partial charge in [-0.05, 0) is 141 Å². The molecule has 6 nitrogen and oxygen atoms in total. The van der Waals surface area contributed by atoms with Crippen LogP contribution in [0.2, 0.25) is 0 Å². The number of carbonyl (C=O) groups excluding carboxylic acids is 2. The van der Waals surface area contributed by atoms with E-state index in [9.17, 15) is 19.8 Å². The Bertz CT molecular complexity index is 2100. The van der Waals surface area contributed by atoms with Crippen LogP contribution in [0.15, 0.2) is 84.4 Å². The monoisotopic (exact) mass is 789 g/mol. The second-order valence-corrected chi connectivity index (χ2v) is 19.7. The number of aliphatic hydroxyl groups excluding tert-OH is 1. The number of aliphatic hydroxyl groups is 2. The first kappa shape index (κ1) is 41.4. The second-order valence-electron chi connectivity index (χ2n) is 18.4. The first-order valence-corrected chi connectivity index (χ1v) is 22.3. The first-order valence-electron chi connectivity index (χ1n) is 21.5. The zero-order valence-corrected chi connectivity index (χ0v) is 35.7. The summed E-state index contributed by atoms with van der Waals surface area (Å²) in [6.07, 6.45) is 8.73. The predicted molar refractivity (Wildman–Crippen MR) is 232 cm³/mol. The maximum absolute atomic E-state index is 14.8. The fourth-order valence-corrected chi connectivity index (χ4v) is 11.3. The van der Waals surface area contributed by atoms with E-state index < -0.39 is 17.1 Å². The van der Waals surface area contributed by atoms with Gasteiger partial charge < -0.3 is 19.8 Å². The van der Waals surface area contributed by atoms with E-state index in [-0.39, 0.29) is 30.4 Å². The van der Waals surface area contributed by atoms with Crippen molar-refractivity contribution in [3.05, 3.63) is 116 Å². The molecule has 7 atom stereocenters. The molecule has 0 spiro atoms. The highest BCUT2D eigenvalue weighted by Gasteiger charge is 2.58. The van der Waals surface area contributed by atoms with Crippen molar-refractivity contribution in [2.45, 2.75) is 136 Å². The molecule has 1 heterocycles. The number of ether oxygens (including phenoxy) is 1. The third-order valence-electron chi connectivity index (χ3n) is 14.0. The minimum absolute atomic E-state index is 0.0114. The van der Waals surface area contributed by atoms with Gasteiger partial charge in [-0.3, -0.25) is 4.79 Å². The number of benzene rings is 3. The molecule has 57 heavy (non-hydrogen) atoms. The van der Waals surface area contributed by atoms with Crippen molar-refractivity contribution in [2.24, 2.45) is 23.2 Å². The third kappa shape index (κ3) is 8.82. The molecular formula is C50H63NO5S. The van der Waals surface area contributed by atoms with Crippen molar-refractivity contribution in [1.82, 2.24) is 4.90 Å². The van der Waals surface area contributed by atoms with E-state index in [1.165, 1.54) is 16.9 Å². The number of nitrogens with zero attached hydrogens (tertiary/aromatic N) is 1. The van der Waals surface area contributed by atoms with Gasteiger partial charge in [-0.25, -0.2) is 4.79 Å². The molecule has 8 rings (SSSR count). The number of hydrogen-bond donors (Lipinski definition) is 2. The lowest BCUT2D eigenvalue weighted by Crippen LogP contribution is -2.54. The minimum atomic E-state index is -1.27. The van der Waals surface area contributed by atoms with E-state index in [0.717, 1.165) is 64.4 Å². The molecular weight excluding hydrogens is 727 g/mol. The van der Waals surface area contributed by atoms with Crippen LogP contribution >= 0.6 is 11.3 Å². The molecule has 0 saturated heterocycles. The molecule has 3 aromatic carbocycles. The Morgan fingerprint density at radius 3 is 2.53 bits per heavy atom.